The molecule has 1 aromatic heterocycles. The van der Waals surface area contributed by atoms with Crippen LogP contribution in [0.3, 0.4) is 0 Å². The van der Waals surface area contributed by atoms with Crippen LogP contribution in [0.5, 0.6) is 0 Å². The van der Waals surface area contributed by atoms with E-state index in [4.69, 9.17) is 4.52 Å². The van der Waals surface area contributed by atoms with Crippen LogP contribution in [0.2, 0.25) is 0 Å². The molecule has 1 amide bonds. The highest BCUT2D eigenvalue weighted by Crippen LogP contribution is 2.17. The first-order chi connectivity index (χ1) is 13.1. The summed E-state index contributed by atoms with van der Waals surface area (Å²) in [5, 5.41) is 7.05. The Morgan fingerprint density at radius 1 is 1.11 bits per heavy atom. The molecule has 140 valence electrons. The predicted octanol–water partition coefficient (Wildman–Crippen LogP) is 4.12. The van der Waals surface area contributed by atoms with Crippen molar-refractivity contribution in [2.24, 2.45) is 0 Å². The lowest BCUT2D eigenvalue weighted by molar-refractivity contribution is -0.121. The Morgan fingerprint density at radius 3 is 2.70 bits per heavy atom. The minimum Gasteiger partial charge on any atom is -0.354 e. The van der Waals surface area contributed by atoms with Crippen molar-refractivity contribution in [1.29, 1.82) is 0 Å². The quantitative estimate of drug-likeness (QED) is 0.654. The first kappa shape index (κ1) is 18.8. The van der Waals surface area contributed by atoms with Crippen LogP contribution in [0.1, 0.15) is 36.8 Å². The fraction of sp³-hybridized carbons (Fsp3) is 0.318. The summed E-state index contributed by atoms with van der Waals surface area (Å²) in [5.74, 6) is 1.05. The van der Waals surface area contributed by atoms with Gasteiger partial charge < -0.3 is 9.84 Å². The van der Waals surface area contributed by atoms with Crippen LogP contribution in [-0.2, 0) is 17.6 Å². The fourth-order valence-electron chi connectivity index (χ4n) is 2.93. The summed E-state index contributed by atoms with van der Waals surface area (Å²) in [6.45, 7) is 4.05. The Bertz CT molecular complexity index is 874. The van der Waals surface area contributed by atoms with E-state index < -0.39 is 0 Å². The third kappa shape index (κ3) is 5.78. The molecule has 0 fully saturated rings. The second-order valence-corrected chi connectivity index (χ2v) is 6.87. The number of amides is 1. The molecule has 0 bridgehead atoms. The largest absolute Gasteiger partial charge is 0.354 e. The second kappa shape index (κ2) is 9.12. The maximum Gasteiger partial charge on any atom is 0.227 e. The maximum absolute atomic E-state index is 12.2. The molecular formula is C22H25N3O2. The summed E-state index contributed by atoms with van der Waals surface area (Å²) in [7, 11) is 0. The average Bonchev–Trinajstić information content (AvgIpc) is 3.15. The number of carbonyl (C=O) groups is 1. The van der Waals surface area contributed by atoms with Crippen molar-refractivity contribution in [3.8, 4) is 11.4 Å². The van der Waals surface area contributed by atoms with E-state index in [1.165, 1.54) is 5.56 Å². The van der Waals surface area contributed by atoms with Gasteiger partial charge in [-0.3, -0.25) is 4.79 Å². The summed E-state index contributed by atoms with van der Waals surface area (Å²) in [6.07, 6.45) is 2.64. The van der Waals surface area contributed by atoms with E-state index in [9.17, 15) is 4.79 Å². The van der Waals surface area contributed by atoms with Crippen molar-refractivity contribution in [2.75, 3.05) is 0 Å². The number of nitrogens with zero attached hydrogens (tertiary/aromatic N) is 2. The van der Waals surface area contributed by atoms with E-state index in [1.54, 1.807) is 0 Å². The number of carbonyl (C=O) groups excluding carboxylic acids is 1. The molecule has 2 aromatic carbocycles. The SMILES string of the molecule is Cc1cccc(-c2noc(CCC(=O)N[C@H](C)CCc3ccccc3)n2)c1. The van der Waals surface area contributed by atoms with Gasteiger partial charge in [-0.1, -0.05) is 59.3 Å². The molecular weight excluding hydrogens is 338 g/mol. The Balaban J connectivity index is 1.44. The van der Waals surface area contributed by atoms with Crippen molar-refractivity contribution in [2.45, 2.75) is 45.6 Å². The maximum atomic E-state index is 12.2. The van der Waals surface area contributed by atoms with Crippen LogP contribution >= 0.6 is 0 Å². The van der Waals surface area contributed by atoms with Crippen LogP contribution in [0, 0.1) is 6.92 Å². The molecule has 0 aliphatic carbocycles. The lowest BCUT2D eigenvalue weighted by Crippen LogP contribution is -2.33. The van der Waals surface area contributed by atoms with Gasteiger partial charge in [0.25, 0.3) is 0 Å². The molecule has 3 rings (SSSR count). The van der Waals surface area contributed by atoms with Gasteiger partial charge >= 0.3 is 0 Å². The Hall–Kier alpha value is -2.95. The van der Waals surface area contributed by atoms with Gasteiger partial charge in [-0.2, -0.15) is 4.98 Å². The number of aryl methyl sites for hydroxylation is 3. The first-order valence-electron chi connectivity index (χ1n) is 9.33. The standard InChI is InChI=1S/C22H25N3O2/c1-16-7-6-10-19(15-16)22-24-21(27-25-22)14-13-20(26)23-17(2)11-12-18-8-4-3-5-9-18/h3-10,15,17H,11-14H2,1-2H3,(H,23,26)/t17-/m1/s1. The number of nitrogens with one attached hydrogen (secondary N) is 1. The molecule has 5 heteroatoms. The minimum absolute atomic E-state index is 0.00543. The Labute approximate surface area is 159 Å². The van der Waals surface area contributed by atoms with E-state index in [0.717, 1.165) is 24.0 Å². The van der Waals surface area contributed by atoms with Gasteiger partial charge in [0, 0.05) is 24.4 Å². The van der Waals surface area contributed by atoms with Gasteiger partial charge in [-0.05, 0) is 38.3 Å². The highest BCUT2D eigenvalue weighted by atomic mass is 16.5. The van der Waals surface area contributed by atoms with Gasteiger partial charge in [-0.15, -0.1) is 0 Å². The zero-order chi connectivity index (χ0) is 19.1. The molecule has 1 N–H and O–H groups in total. The number of aromatic nitrogens is 2. The van der Waals surface area contributed by atoms with E-state index in [0.29, 0.717) is 24.6 Å². The molecule has 1 atom stereocenters. The van der Waals surface area contributed by atoms with Crippen molar-refractivity contribution in [3.63, 3.8) is 0 Å². The topological polar surface area (TPSA) is 68.0 Å². The lowest BCUT2D eigenvalue weighted by atomic mass is 10.1. The summed E-state index contributed by atoms with van der Waals surface area (Å²) in [5.41, 5.74) is 3.35. The molecule has 5 nitrogen and oxygen atoms in total. The molecule has 0 saturated carbocycles. The van der Waals surface area contributed by atoms with Crippen LogP contribution in [0.15, 0.2) is 59.1 Å². The highest BCUT2D eigenvalue weighted by molar-refractivity contribution is 5.76. The van der Waals surface area contributed by atoms with Crippen LogP contribution in [-0.4, -0.2) is 22.1 Å². The molecule has 3 aromatic rings. The third-order valence-corrected chi connectivity index (χ3v) is 4.43. The lowest BCUT2D eigenvalue weighted by Gasteiger charge is -2.13. The van der Waals surface area contributed by atoms with Gasteiger partial charge in [0.1, 0.15) is 0 Å². The van der Waals surface area contributed by atoms with Gasteiger partial charge in [0.2, 0.25) is 17.6 Å². The fourth-order valence-corrected chi connectivity index (χ4v) is 2.93. The highest BCUT2D eigenvalue weighted by Gasteiger charge is 2.12. The predicted molar refractivity (Wildman–Crippen MR) is 105 cm³/mol. The van der Waals surface area contributed by atoms with Gasteiger partial charge in [0.15, 0.2) is 0 Å². The zero-order valence-corrected chi connectivity index (χ0v) is 15.8. The molecule has 0 aliphatic heterocycles. The Kier molecular flexibility index (Phi) is 6.36. The van der Waals surface area contributed by atoms with Crippen LogP contribution < -0.4 is 5.32 Å². The van der Waals surface area contributed by atoms with Crippen molar-refractivity contribution >= 4 is 5.91 Å². The summed E-state index contributed by atoms with van der Waals surface area (Å²) in [6, 6.07) is 18.4. The minimum atomic E-state index is 0.00543. The van der Waals surface area contributed by atoms with Gasteiger partial charge in [-0.25, -0.2) is 0 Å². The van der Waals surface area contributed by atoms with Crippen LogP contribution in [0.25, 0.3) is 11.4 Å². The van der Waals surface area contributed by atoms with E-state index in [2.05, 4.69) is 27.6 Å². The third-order valence-electron chi connectivity index (χ3n) is 4.43. The molecule has 0 radical (unpaired) electrons. The van der Waals surface area contributed by atoms with E-state index in [1.807, 2.05) is 56.3 Å². The smallest absolute Gasteiger partial charge is 0.227 e. The van der Waals surface area contributed by atoms with Crippen molar-refractivity contribution < 1.29 is 9.32 Å². The zero-order valence-electron chi connectivity index (χ0n) is 15.8. The summed E-state index contributed by atoms with van der Waals surface area (Å²) < 4.78 is 5.28. The van der Waals surface area contributed by atoms with Crippen molar-refractivity contribution in [3.05, 3.63) is 71.6 Å². The number of hydrogen-bond acceptors (Lipinski definition) is 4. The van der Waals surface area contributed by atoms with Crippen molar-refractivity contribution in [1.82, 2.24) is 15.5 Å². The number of rotatable bonds is 8. The second-order valence-electron chi connectivity index (χ2n) is 6.87. The molecule has 1 heterocycles. The van der Waals surface area contributed by atoms with Crippen LogP contribution in [0.4, 0.5) is 0 Å². The normalized spacial score (nSPS) is 11.9. The molecule has 27 heavy (non-hydrogen) atoms. The van der Waals surface area contributed by atoms with Gasteiger partial charge in [0.05, 0.1) is 0 Å². The molecule has 0 spiro atoms. The molecule has 0 unspecified atom stereocenters. The van der Waals surface area contributed by atoms with E-state index in [-0.39, 0.29) is 11.9 Å². The molecule has 0 saturated heterocycles. The summed E-state index contributed by atoms with van der Waals surface area (Å²) >= 11 is 0. The first-order valence-corrected chi connectivity index (χ1v) is 9.33. The molecule has 0 aliphatic rings. The van der Waals surface area contributed by atoms with E-state index >= 15 is 0 Å². The number of hydrogen-bond donors (Lipinski definition) is 1. The number of benzene rings is 2. The monoisotopic (exact) mass is 363 g/mol. The Morgan fingerprint density at radius 2 is 1.93 bits per heavy atom. The summed E-state index contributed by atoms with van der Waals surface area (Å²) in [4.78, 5) is 16.5. The average molecular weight is 363 g/mol.